The predicted molar refractivity (Wildman–Crippen MR) is 50.3 cm³/mol. The van der Waals surface area contributed by atoms with Gasteiger partial charge in [-0.15, -0.1) is 0 Å². The molecule has 0 aliphatic heterocycles. The van der Waals surface area contributed by atoms with Gasteiger partial charge >= 0.3 is 5.97 Å². The molecule has 0 heterocycles. The maximum absolute atomic E-state index is 11.0. The van der Waals surface area contributed by atoms with Gasteiger partial charge < -0.3 is 15.2 Å². The second-order valence-corrected chi connectivity index (χ2v) is 2.98. The molecule has 4 nitrogen and oxygen atoms in total. The summed E-state index contributed by atoms with van der Waals surface area (Å²) in [6, 6.07) is -0.679. The van der Waals surface area contributed by atoms with E-state index in [0.717, 1.165) is 12.8 Å². The van der Waals surface area contributed by atoms with Crippen LogP contribution < -0.4 is 5.73 Å². The number of unbranched alkanes of at least 4 members (excludes halogenated alkanes) is 1. The molecule has 0 spiro atoms. The number of rotatable bonds is 6. The molecule has 0 aliphatic rings. The summed E-state index contributed by atoms with van der Waals surface area (Å²) >= 11 is 0. The maximum Gasteiger partial charge on any atom is 0.325 e. The molecule has 4 heteroatoms. The predicted octanol–water partition coefficient (Wildman–Crippen LogP) is 0.692. The molecule has 0 radical (unpaired) electrons. The molecule has 0 aromatic carbocycles. The summed E-state index contributed by atoms with van der Waals surface area (Å²) in [5.74, 6) is -0.427. The number of nitrogens with two attached hydrogens (primary N) is 1. The first kappa shape index (κ1) is 12.4. The summed E-state index contributed by atoms with van der Waals surface area (Å²) in [4.78, 5) is 11.0. The van der Waals surface area contributed by atoms with Gasteiger partial charge in [0, 0.05) is 6.61 Å². The molecule has 0 fully saturated rings. The number of esters is 1. The second kappa shape index (κ2) is 6.86. The fourth-order valence-electron chi connectivity index (χ4n) is 0.845. The third kappa shape index (κ3) is 4.85. The van der Waals surface area contributed by atoms with E-state index in [1.54, 1.807) is 6.92 Å². The molecule has 0 amide bonds. The van der Waals surface area contributed by atoms with E-state index in [9.17, 15) is 4.79 Å². The minimum absolute atomic E-state index is 0.279. The zero-order valence-electron chi connectivity index (χ0n) is 8.58. The van der Waals surface area contributed by atoms with E-state index in [1.165, 1.54) is 7.11 Å². The molecule has 13 heavy (non-hydrogen) atoms. The SMILES string of the molecule is CCCCO[C@H](C)[C@H](N)C(=O)OC. The molecule has 2 N–H and O–H groups in total. The first-order valence-corrected chi connectivity index (χ1v) is 4.58. The highest BCUT2D eigenvalue weighted by atomic mass is 16.5. The van der Waals surface area contributed by atoms with Crippen molar-refractivity contribution in [2.45, 2.75) is 38.8 Å². The third-order valence-electron chi connectivity index (χ3n) is 1.86. The van der Waals surface area contributed by atoms with Gasteiger partial charge in [0.1, 0.15) is 6.04 Å². The Labute approximate surface area is 79.4 Å². The van der Waals surface area contributed by atoms with Gasteiger partial charge in [0.25, 0.3) is 0 Å². The van der Waals surface area contributed by atoms with E-state index < -0.39 is 12.0 Å². The fourth-order valence-corrected chi connectivity index (χ4v) is 0.845. The zero-order valence-corrected chi connectivity index (χ0v) is 8.58. The summed E-state index contributed by atoms with van der Waals surface area (Å²) in [7, 11) is 1.32. The minimum atomic E-state index is -0.679. The van der Waals surface area contributed by atoms with Crippen LogP contribution in [0.2, 0.25) is 0 Å². The number of carbonyl (C=O) groups excluding carboxylic acids is 1. The smallest absolute Gasteiger partial charge is 0.325 e. The van der Waals surface area contributed by atoms with Crippen molar-refractivity contribution in [2.75, 3.05) is 13.7 Å². The highest BCUT2D eigenvalue weighted by molar-refractivity contribution is 5.75. The van der Waals surface area contributed by atoms with Crippen LogP contribution >= 0.6 is 0 Å². The van der Waals surface area contributed by atoms with Gasteiger partial charge in [-0.25, -0.2) is 0 Å². The standard InChI is InChI=1S/C9H19NO3/c1-4-5-6-13-7(2)8(10)9(11)12-3/h7-8H,4-6,10H2,1-3H3/t7-,8+/m1/s1. The van der Waals surface area contributed by atoms with Crippen molar-refractivity contribution in [3.63, 3.8) is 0 Å². The Morgan fingerprint density at radius 1 is 1.54 bits per heavy atom. The number of methoxy groups -OCH3 is 1. The van der Waals surface area contributed by atoms with Gasteiger partial charge in [-0.1, -0.05) is 13.3 Å². The molecule has 0 saturated heterocycles. The summed E-state index contributed by atoms with van der Waals surface area (Å²) in [5, 5.41) is 0. The highest BCUT2D eigenvalue weighted by Crippen LogP contribution is 2.00. The number of hydrogen-bond donors (Lipinski definition) is 1. The van der Waals surface area contributed by atoms with Crippen molar-refractivity contribution in [2.24, 2.45) is 5.73 Å². The molecule has 0 aromatic rings. The van der Waals surface area contributed by atoms with Crippen LogP contribution in [0.4, 0.5) is 0 Å². The molecular formula is C9H19NO3. The molecule has 0 bridgehead atoms. The number of hydrogen-bond acceptors (Lipinski definition) is 4. The average molecular weight is 189 g/mol. The lowest BCUT2D eigenvalue weighted by molar-refractivity contribution is -0.145. The van der Waals surface area contributed by atoms with E-state index in [4.69, 9.17) is 10.5 Å². The summed E-state index contributed by atoms with van der Waals surface area (Å²) in [6.07, 6.45) is 1.78. The first-order chi connectivity index (χ1) is 6.13. The topological polar surface area (TPSA) is 61.5 Å². The largest absolute Gasteiger partial charge is 0.468 e. The average Bonchev–Trinajstić information content (AvgIpc) is 2.15. The van der Waals surface area contributed by atoms with Gasteiger partial charge in [-0.05, 0) is 13.3 Å². The van der Waals surface area contributed by atoms with Crippen LogP contribution in [0.5, 0.6) is 0 Å². The quantitative estimate of drug-likeness (QED) is 0.493. The summed E-state index contributed by atoms with van der Waals surface area (Å²) in [6.45, 7) is 4.49. The van der Waals surface area contributed by atoms with Crippen molar-refractivity contribution in [1.82, 2.24) is 0 Å². The Morgan fingerprint density at radius 3 is 2.62 bits per heavy atom. The van der Waals surface area contributed by atoms with E-state index in [2.05, 4.69) is 11.7 Å². The van der Waals surface area contributed by atoms with E-state index in [0.29, 0.717) is 6.61 Å². The van der Waals surface area contributed by atoms with Gasteiger partial charge in [0.15, 0.2) is 0 Å². The molecule has 78 valence electrons. The highest BCUT2D eigenvalue weighted by Gasteiger charge is 2.21. The van der Waals surface area contributed by atoms with E-state index in [-0.39, 0.29) is 6.10 Å². The van der Waals surface area contributed by atoms with Crippen LogP contribution in [0.3, 0.4) is 0 Å². The third-order valence-corrected chi connectivity index (χ3v) is 1.86. The Kier molecular flexibility index (Phi) is 6.54. The number of carbonyl (C=O) groups is 1. The lowest BCUT2D eigenvalue weighted by Crippen LogP contribution is -2.42. The van der Waals surface area contributed by atoms with Gasteiger partial charge in [0.05, 0.1) is 13.2 Å². The maximum atomic E-state index is 11.0. The molecule has 0 unspecified atom stereocenters. The van der Waals surface area contributed by atoms with E-state index in [1.807, 2.05) is 0 Å². The molecule has 0 aliphatic carbocycles. The number of ether oxygens (including phenoxy) is 2. The van der Waals surface area contributed by atoms with Crippen LogP contribution in [-0.2, 0) is 14.3 Å². The Hall–Kier alpha value is -0.610. The summed E-state index contributed by atoms with van der Waals surface area (Å²) in [5.41, 5.74) is 5.55. The van der Waals surface area contributed by atoms with Crippen LogP contribution in [0.15, 0.2) is 0 Å². The van der Waals surface area contributed by atoms with Gasteiger partial charge in [0.2, 0.25) is 0 Å². The monoisotopic (exact) mass is 189 g/mol. The van der Waals surface area contributed by atoms with Crippen LogP contribution in [0.1, 0.15) is 26.7 Å². The molecular weight excluding hydrogens is 170 g/mol. The summed E-state index contributed by atoms with van der Waals surface area (Å²) < 4.78 is 9.84. The van der Waals surface area contributed by atoms with Crippen LogP contribution in [-0.4, -0.2) is 31.8 Å². The molecule has 0 rings (SSSR count). The van der Waals surface area contributed by atoms with E-state index >= 15 is 0 Å². The van der Waals surface area contributed by atoms with Gasteiger partial charge in [-0.2, -0.15) is 0 Å². The Morgan fingerprint density at radius 2 is 2.15 bits per heavy atom. The molecule has 0 saturated carbocycles. The van der Waals surface area contributed by atoms with Crippen LogP contribution in [0, 0.1) is 0 Å². The molecule has 0 aromatic heterocycles. The lowest BCUT2D eigenvalue weighted by atomic mass is 10.2. The van der Waals surface area contributed by atoms with Gasteiger partial charge in [-0.3, -0.25) is 4.79 Å². The van der Waals surface area contributed by atoms with Crippen LogP contribution in [0.25, 0.3) is 0 Å². The fraction of sp³-hybridized carbons (Fsp3) is 0.889. The van der Waals surface area contributed by atoms with Crippen molar-refractivity contribution >= 4 is 5.97 Å². The Balaban J connectivity index is 3.68. The molecule has 2 atom stereocenters. The zero-order chi connectivity index (χ0) is 10.3. The lowest BCUT2D eigenvalue weighted by Gasteiger charge is -2.17. The second-order valence-electron chi connectivity index (χ2n) is 2.98. The van der Waals surface area contributed by atoms with Crippen molar-refractivity contribution in [3.05, 3.63) is 0 Å². The normalized spacial score (nSPS) is 15.1. The Bertz CT molecular complexity index is 150. The minimum Gasteiger partial charge on any atom is -0.468 e. The van der Waals surface area contributed by atoms with Crippen molar-refractivity contribution in [3.8, 4) is 0 Å². The van der Waals surface area contributed by atoms with Crippen molar-refractivity contribution < 1.29 is 14.3 Å². The van der Waals surface area contributed by atoms with Crippen molar-refractivity contribution in [1.29, 1.82) is 0 Å². The first-order valence-electron chi connectivity index (χ1n) is 4.58.